The molecule has 2 heterocycles. The van der Waals surface area contributed by atoms with Crippen LogP contribution < -0.4 is 0 Å². The molecule has 0 aromatic heterocycles. The van der Waals surface area contributed by atoms with E-state index in [1.165, 1.54) is 0 Å². The maximum absolute atomic E-state index is 12.6. The van der Waals surface area contributed by atoms with Crippen LogP contribution in [-0.4, -0.2) is 50.5 Å². The molecular weight excluding hydrogens is 378 g/mol. The fraction of sp³-hybridized carbons (Fsp3) is 0.611. The fourth-order valence-corrected chi connectivity index (χ4v) is 5.19. The number of carbonyl (C=O) groups excluding carboxylic acids is 1. The Labute approximate surface area is 158 Å². The topological polar surface area (TPSA) is 72.9 Å². The Hall–Kier alpha value is -1.31. The lowest BCUT2D eigenvalue weighted by Gasteiger charge is -2.41. The minimum Gasteiger partial charge on any atom is -0.445 e. The number of carbonyl (C=O) groups is 1. The van der Waals surface area contributed by atoms with E-state index in [1.54, 1.807) is 4.90 Å². The van der Waals surface area contributed by atoms with Crippen molar-refractivity contribution in [1.82, 2.24) is 4.90 Å². The number of likely N-dealkylation sites (tertiary alicyclic amines) is 1. The number of piperidine rings is 1. The van der Waals surface area contributed by atoms with E-state index in [1.807, 2.05) is 30.3 Å². The minimum absolute atomic E-state index is 0.0648. The number of nitrogens with zero attached hydrogens (tertiary/aromatic N) is 1. The Morgan fingerprint density at radius 3 is 2.69 bits per heavy atom. The highest BCUT2D eigenvalue weighted by Crippen LogP contribution is 2.32. The first-order valence-electron chi connectivity index (χ1n) is 8.93. The Kier molecular flexibility index (Phi) is 6.42. The molecule has 1 amide bonds. The van der Waals surface area contributed by atoms with Gasteiger partial charge in [-0.15, -0.1) is 0 Å². The van der Waals surface area contributed by atoms with E-state index in [4.69, 9.17) is 20.2 Å². The van der Waals surface area contributed by atoms with Crippen molar-refractivity contribution in [3.63, 3.8) is 0 Å². The number of hydrogen-bond donors (Lipinski definition) is 0. The molecule has 3 rings (SSSR count). The Morgan fingerprint density at radius 1 is 1.27 bits per heavy atom. The van der Waals surface area contributed by atoms with E-state index in [9.17, 15) is 13.2 Å². The fourth-order valence-electron chi connectivity index (χ4n) is 3.79. The van der Waals surface area contributed by atoms with Gasteiger partial charge in [-0.1, -0.05) is 30.3 Å². The number of halogens is 1. The van der Waals surface area contributed by atoms with Crippen molar-refractivity contribution in [1.29, 1.82) is 0 Å². The van der Waals surface area contributed by atoms with Gasteiger partial charge in [0.05, 0.1) is 17.9 Å². The summed E-state index contributed by atoms with van der Waals surface area (Å²) >= 11 is 0. The van der Waals surface area contributed by atoms with Gasteiger partial charge in [0.1, 0.15) is 6.61 Å². The monoisotopic (exact) mass is 401 g/mol. The molecule has 6 nitrogen and oxygen atoms in total. The van der Waals surface area contributed by atoms with Crippen molar-refractivity contribution in [2.45, 2.75) is 44.4 Å². The van der Waals surface area contributed by atoms with E-state index >= 15 is 0 Å². The zero-order valence-electron chi connectivity index (χ0n) is 14.6. The first kappa shape index (κ1) is 19.5. The van der Waals surface area contributed by atoms with Crippen LogP contribution in [0.2, 0.25) is 0 Å². The first-order valence-corrected chi connectivity index (χ1v) is 11.4. The summed E-state index contributed by atoms with van der Waals surface area (Å²) in [6, 6.07) is 9.35. The summed E-state index contributed by atoms with van der Waals surface area (Å²) in [4.78, 5) is 14.3. The molecular formula is C18H24ClNO5S. The van der Waals surface area contributed by atoms with Gasteiger partial charge in [0.2, 0.25) is 9.05 Å². The van der Waals surface area contributed by atoms with Gasteiger partial charge in [-0.2, -0.15) is 0 Å². The summed E-state index contributed by atoms with van der Waals surface area (Å²) in [6.07, 6.45) is 2.54. The van der Waals surface area contributed by atoms with Crippen molar-refractivity contribution in [2.75, 3.05) is 18.9 Å². The van der Waals surface area contributed by atoms with Crippen molar-refractivity contribution in [3.8, 4) is 0 Å². The molecule has 0 spiro atoms. The molecule has 3 unspecified atom stereocenters. The van der Waals surface area contributed by atoms with Crippen LogP contribution in [0.4, 0.5) is 4.79 Å². The quantitative estimate of drug-likeness (QED) is 0.708. The molecule has 8 heteroatoms. The molecule has 0 bridgehead atoms. The Bertz CT molecular complexity index is 706. The van der Waals surface area contributed by atoms with E-state index in [-0.39, 0.29) is 36.5 Å². The van der Waals surface area contributed by atoms with E-state index in [0.717, 1.165) is 18.4 Å². The van der Waals surface area contributed by atoms with Gasteiger partial charge in [0.25, 0.3) is 0 Å². The largest absolute Gasteiger partial charge is 0.445 e. The van der Waals surface area contributed by atoms with E-state index in [2.05, 4.69) is 0 Å². The van der Waals surface area contributed by atoms with Crippen molar-refractivity contribution in [2.24, 2.45) is 5.92 Å². The average Bonchev–Trinajstić information content (AvgIpc) is 3.13. The average molecular weight is 402 g/mol. The molecule has 3 atom stereocenters. The third-order valence-electron chi connectivity index (χ3n) is 5.02. The highest BCUT2D eigenvalue weighted by molar-refractivity contribution is 8.13. The highest BCUT2D eigenvalue weighted by atomic mass is 35.7. The SMILES string of the molecule is O=C(OCc1ccccc1)N1CCC(CS(=O)(=O)Cl)CC1C1CCCO1. The second-order valence-corrected chi connectivity index (χ2v) is 9.77. The molecule has 144 valence electrons. The predicted molar refractivity (Wildman–Crippen MR) is 98.5 cm³/mol. The second-order valence-electron chi connectivity index (χ2n) is 6.95. The summed E-state index contributed by atoms with van der Waals surface area (Å²) in [5.41, 5.74) is 0.928. The van der Waals surface area contributed by atoms with Gasteiger partial charge in [-0.3, -0.25) is 0 Å². The van der Waals surface area contributed by atoms with Gasteiger partial charge in [-0.05, 0) is 37.2 Å². The molecule has 26 heavy (non-hydrogen) atoms. The van der Waals surface area contributed by atoms with Crippen LogP contribution in [0, 0.1) is 5.92 Å². The summed E-state index contributed by atoms with van der Waals surface area (Å²) < 4.78 is 34.1. The van der Waals surface area contributed by atoms with Crippen molar-refractivity contribution >= 4 is 25.8 Å². The lowest BCUT2D eigenvalue weighted by atomic mass is 9.88. The Morgan fingerprint density at radius 2 is 2.04 bits per heavy atom. The van der Waals surface area contributed by atoms with Crippen LogP contribution in [0.15, 0.2) is 30.3 Å². The number of benzene rings is 1. The van der Waals surface area contributed by atoms with Crippen LogP contribution in [0.25, 0.3) is 0 Å². The molecule has 2 aliphatic heterocycles. The molecule has 2 aliphatic rings. The summed E-state index contributed by atoms with van der Waals surface area (Å²) in [5.74, 6) is -0.130. The third kappa shape index (κ3) is 5.34. The normalized spacial score (nSPS) is 26.7. The lowest BCUT2D eigenvalue weighted by molar-refractivity contribution is -0.00852. The van der Waals surface area contributed by atoms with Gasteiger partial charge in [0, 0.05) is 23.8 Å². The number of rotatable bonds is 5. The zero-order chi connectivity index (χ0) is 18.6. The smallest absolute Gasteiger partial charge is 0.410 e. The number of ether oxygens (including phenoxy) is 2. The molecule has 0 saturated carbocycles. The van der Waals surface area contributed by atoms with Gasteiger partial charge >= 0.3 is 6.09 Å². The summed E-state index contributed by atoms with van der Waals surface area (Å²) in [6.45, 7) is 1.34. The van der Waals surface area contributed by atoms with Crippen LogP contribution in [0.3, 0.4) is 0 Å². The molecule has 0 N–H and O–H groups in total. The Balaban J connectivity index is 1.65. The molecule has 1 aromatic carbocycles. The standard InChI is InChI=1S/C18H24ClNO5S/c19-26(22,23)13-15-8-9-20(16(11-15)17-7-4-10-24-17)18(21)25-12-14-5-2-1-3-6-14/h1-3,5-6,15-17H,4,7-13H2. The molecule has 2 fully saturated rings. The first-order chi connectivity index (χ1) is 12.4. The van der Waals surface area contributed by atoms with Gasteiger partial charge in [0.15, 0.2) is 0 Å². The molecule has 1 aromatic rings. The predicted octanol–water partition coefficient (Wildman–Crippen LogP) is 3.15. The van der Waals surface area contributed by atoms with E-state index < -0.39 is 9.05 Å². The van der Waals surface area contributed by atoms with Crippen LogP contribution in [-0.2, 0) is 25.1 Å². The maximum atomic E-state index is 12.6. The van der Waals surface area contributed by atoms with E-state index in [0.29, 0.717) is 26.0 Å². The maximum Gasteiger partial charge on any atom is 0.410 e. The second kappa shape index (κ2) is 8.59. The van der Waals surface area contributed by atoms with Gasteiger partial charge in [-0.25, -0.2) is 13.2 Å². The summed E-state index contributed by atoms with van der Waals surface area (Å²) in [7, 11) is 1.87. The van der Waals surface area contributed by atoms with Crippen LogP contribution >= 0.6 is 10.7 Å². The van der Waals surface area contributed by atoms with Gasteiger partial charge < -0.3 is 14.4 Å². The zero-order valence-corrected chi connectivity index (χ0v) is 16.1. The highest BCUT2D eigenvalue weighted by Gasteiger charge is 2.40. The van der Waals surface area contributed by atoms with Crippen molar-refractivity contribution < 1.29 is 22.7 Å². The van der Waals surface area contributed by atoms with Crippen molar-refractivity contribution in [3.05, 3.63) is 35.9 Å². The summed E-state index contributed by atoms with van der Waals surface area (Å²) in [5, 5.41) is 0. The number of hydrogen-bond acceptors (Lipinski definition) is 5. The van der Waals surface area contributed by atoms with Crippen LogP contribution in [0.1, 0.15) is 31.2 Å². The molecule has 0 radical (unpaired) electrons. The number of amides is 1. The molecule has 2 saturated heterocycles. The van der Waals surface area contributed by atoms with Crippen LogP contribution in [0.5, 0.6) is 0 Å². The molecule has 0 aliphatic carbocycles. The minimum atomic E-state index is -3.56. The third-order valence-corrected chi connectivity index (χ3v) is 6.27. The lowest BCUT2D eigenvalue weighted by Crippen LogP contribution is -2.52.